The Balaban J connectivity index is 3.65. The third-order valence-electron chi connectivity index (χ3n) is 1.73. The average Bonchev–Trinajstić information content (AvgIpc) is 1.91. The molecule has 0 aliphatic heterocycles. The van der Waals surface area contributed by atoms with E-state index in [-0.39, 0.29) is 5.92 Å². The van der Waals surface area contributed by atoms with Crippen LogP contribution in [0.1, 0.15) is 33.1 Å². The highest BCUT2D eigenvalue weighted by Crippen LogP contribution is 2.05. The van der Waals surface area contributed by atoms with Crippen LogP contribution in [0.3, 0.4) is 0 Å². The maximum absolute atomic E-state index is 11.1. The van der Waals surface area contributed by atoms with Crippen molar-refractivity contribution in [3.63, 3.8) is 0 Å². The zero-order valence-electron chi connectivity index (χ0n) is 6.89. The second-order valence-corrected chi connectivity index (χ2v) is 2.56. The van der Waals surface area contributed by atoms with E-state index in [0.717, 1.165) is 12.8 Å². The lowest BCUT2D eigenvalue weighted by Crippen LogP contribution is -2.22. The first-order valence-electron chi connectivity index (χ1n) is 3.99. The number of carbonyl (C=O) groups is 1. The van der Waals surface area contributed by atoms with E-state index in [9.17, 15) is 4.79 Å². The van der Waals surface area contributed by atoms with Crippen LogP contribution in [0.25, 0.3) is 0 Å². The molecule has 0 aromatic carbocycles. The van der Waals surface area contributed by atoms with Crippen molar-refractivity contribution in [3.05, 3.63) is 0 Å². The summed E-state index contributed by atoms with van der Waals surface area (Å²) in [5, 5.41) is 0. The van der Waals surface area contributed by atoms with Gasteiger partial charge in [-0.2, -0.15) is 0 Å². The van der Waals surface area contributed by atoms with Crippen LogP contribution in [-0.4, -0.2) is 12.3 Å². The van der Waals surface area contributed by atoms with Gasteiger partial charge in [-0.3, -0.25) is 4.79 Å². The van der Waals surface area contributed by atoms with Crippen LogP contribution in [0.5, 0.6) is 0 Å². The smallest absolute Gasteiger partial charge is 0.137 e. The van der Waals surface area contributed by atoms with Crippen molar-refractivity contribution in [2.45, 2.75) is 33.1 Å². The van der Waals surface area contributed by atoms with Crippen molar-refractivity contribution in [1.82, 2.24) is 0 Å². The first-order chi connectivity index (χ1) is 4.76. The summed E-state index contributed by atoms with van der Waals surface area (Å²) in [4.78, 5) is 11.1. The van der Waals surface area contributed by atoms with Gasteiger partial charge in [0, 0.05) is 18.9 Å². The normalized spacial score (nSPS) is 13.1. The minimum atomic E-state index is 0.111. The van der Waals surface area contributed by atoms with Crippen molar-refractivity contribution in [1.29, 1.82) is 0 Å². The summed E-state index contributed by atoms with van der Waals surface area (Å²) in [7, 11) is 0. The topological polar surface area (TPSA) is 43.1 Å². The third-order valence-corrected chi connectivity index (χ3v) is 1.73. The Labute approximate surface area is 62.8 Å². The summed E-state index contributed by atoms with van der Waals surface area (Å²) in [5.41, 5.74) is 5.39. The van der Waals surface area contributed by atoms with E-state index < -0.39 is 0 Å². The van der Waals surface area contributed by atoms with Gasteiger partial charge in [-0.25, -0.2) is 0 Å². The van der Waals surface area contributed by atoms with Crippen LogP contribution in [0.4, 0.5) is 0 Å². The Kier molecular flexibility index (Phi) is 5.22. The summed E-state index contributed by atoms with van der Waals surface area (Å²) in [6.45, 7) is 4.53. The third kappa shape index (κ3) is 2.97. The van der Waals surface area contributed by atoms with Crippen LogP contribution < -0.4 is 5.73 Å². The first kappa shape index (κ1) is 9.63. The molecule has 0 bridgehead atoms. The monoisotopic (exact) mass is 143 g/mol. The van der Waals surface area contributed by atoms with E-state index in [1.165, 1.54) is 0 Å². The maximum atomic E-state index is 11.1. The quantitative estimate of drug-likeness (QED) is 0.631. The number of rotatable bonds is 5. The van der Waals surface area contributed by atoms with Crippen LogP contribution in [-0.2, 0) is 4.79 Å². The van der Waals surface area contributed by atoms with Crippen molar-refractivity contribution >= 4 is 5.78 Å². The van der Waals surface area contributed by atoms with E-state index >= 15 is 0 Å². The fourth-order valence-electron chi connectivity index (χ4n) is 0.976. The Morgan fingerprint density at radius 3 is 2.40 bits per heavy atom. The molecule has 0 saturated carbocycles. The average molecular weight is 143 g/mol. The van der Waals surface area contributed by atoms with Gasteiger partial charge in [-0.05, 0) is 12.8 Å². The molecule has 0 heterocycles. The van der Waals surface area contributed by atoms with E-state index in [1.807, 2.05) is 13.8 Å². The van der Waals surface area contributed by atoms with Crippen LogP contribution >= 0.6 is 0 Å². The molecule has 0 aliphatic rings. The highest BCUT2D eigenvalue weighted by molar-refractivity contribution is 5.81. The molecule has 2 nitrogen and oxygen atoms in total. The van der Waals surface area contributed by atoms with Gasteiger partial charge in [-0.1, -0.05) is 13.8 Å². The van der Waals surface area contributed by atoms with Gasteiger partial charge in [0.25, 0.3) is 0 Å². The molecule has 2 heteroatoms. The maximum Gasteiger partial charge on any atom is 0.137 e. The Hall–Kier alpha value is -0.370. The number of Topliss-reactive ketones (excluding diaryl/α,β-unsaturated/α-hetero) is 1. The second kappa shape index (κ2) is 5.42. The van der Waals surface area contributed by atoms with Crippen molar-refractivity contribution in [2.24, 2.45) is 11.7 Å². The molecule has 0 aliphatic carbocycles. The predicted octanol–water partition coefficient (Wildman–Crippen LogP) is 1.34. The van der Waals surface area contributed by atoms with Crippen LogP contribution in [0, 0.1) is 5.92 Å². The van der Waals surface area contributed by atoms with Crippen LogP contribution in [0.2, 0.25) is 0 Å². The molecular weight excluding hydrogens is 126 g/mol. The van der Waals surface area contributed by atoms with E-state index in [2.05, 4.69) is 0 Å². The second-order valence-electron chi connectivity index (χ2n) is 2.56. The fourth-order valence-corrected chi connectivity index (χ4v) is 0.976. The highest BCUT2D eigenvalue weighted by atomic mass is 16.1. The molecular formula is C8H17NO. The fraction of sp³-hybridized carbons (Fsp3) is 0.875. The molecule has 0 radical (unpaired) electrons. The van der Waals surface area contributed by atoms with Gasteiger partial charge < -0.3 is 5.73 Å². The molecule has 0 aromatic rings. The summed E-state index contributed by atoms with van der Waals surface area (Å²) in [6, 6.07) is 0. The molecule has 0 rings (SSSR count). The molecule has 0 amide bonds. The first-order valence-corrected chi connectivity index (χ1v) is 3.99. The number of ketones is 1. The van der Waals surface area contributed by atoms with Crippen LogP contribution in [0.15, 0.2) is 0 Å². The molecule has 1 atom stereocenters. The predicted molar refractivity (Wildman–Crippen MR) is 42.8 cm³/mol. The van der Waals surface area contributed by atoms with Crippen molar-refractivity contribution in [2.75, 3.05) is 6.54 Å². The molecule has 0 fully saturated rings. The zero-order chi connectivity index (χ0) is 7.98. The molecule has 2 N–H and O–H groups in total. The summed E-state index contributed by atoms with van der Waals surface area (Å²) >= 11 is 0. The summed E-state index contributed by atoms with van der Waals surface area (Å²) < 4.78 is 0. The van der Waals surface area contributed by atoms with Crippen molar-refractivity contribution in [3.8, 4) is 0 Å². The minimum absolute atomic E-state index is 0.111. The summed E-state index contributed by atoms with van der Waals surface area (Å²) in [5.74, 6) is 0.437. The van der Waals surface area contributed by atoms with Gasteiger partial charge >= 0.3 is 0 Å². The Morgan fingerprint density at radius 1 is 1.50 bits per heavy atom. The van der Waals surface area contributed by atoms with E-state index in [1.54, 1.807) is 0 Å². The number of carbonyl (C=O) groups excluding carboxylic acids is 1. The summed E-state index contributed by atoms with van der Waals surface area (Å²) in [6.07, 6.45) is 2.51. The number of nitrogens with two attached hydrogens (primary N) is 1. The minimum Gasteiger partial charge on any atom is -0.330 e. The molecule has 0 aromatic heterocycles. The standard InChI is InChI=1S/C8H17NO/c1-3-5-8(10)7(4-2)6-9/h7H,3-6,9H2,1-2H3. The SMILES string of the molecule is CCCC(=O)C(CC)CN. The van der Waals surface area contributed by atoms with Gasteiger partial charge in [-0.15, -0.1) is 0 Å². The number of hydrogen-bond acceptors (Lipinski definition) is 2. The Bertz CT molecular complexity index is 97.4. The molecule has 1 unspecified atom stereocenters. The van der Waals surface area contributed by atoms with Gasteiger partial charge in [0.15, 0.2) is 0 Å². The molecule has 0 saturated heterocycles. The molecule has 60 valence electrons. The number of hydrogen-bond donors (Lipinski definition) is 1. The van der Waals surface area contributed by atoms with Gasteiger partial charge in [0.1, 0.15) is 5.78 Å². The largest absolute Gasteiger partial charge is 0.330 e. The van der Waals surface area contributed by atoms with E-state index in [4.69, 9.17) is 5.73 Å². The molecule has 0 spiro atoms. The zero-order valence-corrected chi connectivity index (χ0v) is 6.89. The molecule has 10 heavy (non-hydrogen) atoms. The van der Waals surface area contributed by atoms with Crippen molar-refractivity contribution < 1.29 is 4.79 Å². The highest BCUT2D eigenvalue weighted by Gasteiger charge is 2.12. The van der Waals surface area contributed by atoms with E-state index in [0.29, 0.717) is 18.7 Å². The lowest BCUT2D eigenvalue weighted by atomic mass is 9.98. The van der Waals surface area contributed by atoms with Gasteiger partial charge in [0.2, 0.25) is 0 Å². The lowest BCUT2D eigenvalue weighted by molar-refractivity contribution is -0.122. The Morgan fingerprint density at radius 2 is 2.10 bits per heavy atom. The lowest BCUT2D eigenvalue weighted by Gasteiger charge is -2.08. The van der Waals surface area contributed by atoms with Gasteiger partial charge in [0.05, 0.1) is 0 Å².